The van der Waals surface area contributed by atoms with Crippen molar-refractivity contribution in [3.63, 3.8) is 0 Å². The first-order valence-electron chi connectivity index (χ1n) is 9.06. The fraction of sp³-hybridized carbons (Fsp3) is 0.217. The van der Waals surface area contributed by atoms with Gasteiger partial charge in [-0.05, 0) is 24.0 Å². The van der Waals surface area contributed by atoms with Crippen LogP contribution in [0.5, 0.6) is 0 Å². The molecule has 0 bridgehead atoms. The lowest BCUT2D eigenvalue weighted by molar-refractivity contribution is -0.126. The molecule has 0 unspecified atom stereocenters. The zero-order chi connectivity index (χ0) is 18.6. The lowest BCUT2D eigenvalue weighted by atomic mass is 9.85. The first-order chi connectivity index (χ1) is 13.3. The maximum atomic E-state index is 12.3. The monoisotopic (exact) mass is 356 g/mol. The summed E-state index contributed by atoms with van der Waals surface area (Å²) in [6.07, 6.45) is 0.662. The molecule has 0 radical (unpaired) electrons. The number of fused-ring (bicyclic) bond motifs is 1. The van der Waals surface area contributed by atoms with Gasteiger partial charge in [-0.3, -0.25) is 4.79 Å². The average Bonchev–Trinajstić information content (AvgIpc) is 3.13. The SMILES string of the molecule is CC#CC(=O)N1CCc2onc(C(c3ccccc3)c3ccccc3)c2C1. The number of rotatable bonds is 3. The predicted molar refractivity (Wildman–Crippen MR) is 103 cm³/mol. The quantitative estimate of drug-likeness (QED) is 0.671. The number of benzene rings is 2. The fourth-order valence-electron chi connectivity index (χ4n) is 3.61. The Kier molecular flexibility index (Phi) is 4.76. The van der Waals surface area contributed by atoms with Gasteiger partial charge in [0.05, 0.1) is 12.5 Å². The van der Waals surface area contributed by atoms with Crippen molar-refractivity contribution in [1.29, 1.82) is 0 Å². The van der Waals surface area contributed by atoms with Gasteiger partial charge in [0.1, 0.15) is 11.5 Å². The highest BCUT2D eigenvalue weighted by atomic mass is 16.5. The third kappa shape index (κ3) is 3.37. The van der Waals surface area contributed by atoms with Crippen molar-refractivity contribution in [3.8, 4) is 11.8 Å². The Morgan fingerprint density at radius 1 is 1.07 bits per heavy atom. The van der Waals surface area contributed by atoms with Gasteiger partial charge in [-0.2, -0.15) is 0 Å². The molecule has 0 atom stereocenters. The number of carbonyl (C=O) groups is 1. The summed E-state index contributed by atoms with van der Waals surface area (Å²) >= 11 is 0. The van der Waals surface area contributed by atoms with Crippen molar-refractivity contribution in [2.24, 2.45) is 0 Å². The molecule has 0 saturated carbocycles. The summed E-state index contributed by atoms with van der Waals surface area (Å²) in [6, 6.07) is 20.6. The molecule has 2 aromatic carbocycles. The van der Waals surface area contributed by atoms with Crippen LogP contribution in [0.4, 0.5) is 0 Å². The molecular formula is C23H20N2O2. The van der Waals surface area contributed by atoms with E-state index in [0.717, 1.165) is 28.1 Å². The summed E-state index contributed by atoms with van der Waals surface area (Å²) in [5.41, 5.74) is 4.18. The van der Waals surface area contributed by atoms with Crippen molar-refractivity contribution in [1.82, 2.24) is 10.1 Å². The molecule has 2 heterocycles. The van der Waals surface area contributed by atoms with Crippen molar-refractivity contribution >= 4 is 5.91 Å². The first kappa shape index (κ1) is 17.1. The number of carbonyl (C=O) groups excluding carboxylic acids is 1. The van der Waals surface area contributed by atoms with Gasteiger partial charge >= 0.3 is 0 Å². The van der Waals surface area contributed by atoms with E-state index in [9.17, 15) is 4.79 Å². The lowest BCUT2D eigenvalue weighted by Gasteiger charge is -2.25. The van der Waals surface area contributed by atoms with Crippen LogP contribution in [0, 0.1) is 11.8 Å². The van der Waals surface area contributed by atoms with E-state index in [1.165, 1.54) is 0 Å². The van der Waals surface area contributed by atoms with Crippen molar-refractivity contribution in [2.75, 3.05) is 6.54 Å². The molecular weight excluding hydrogens is 336 g/mol. The maximum Gasteiger partial charge on any atom is 0.298 e. The third-order valence-electron chi connectivity index (χ3n) is 4.92. The summed E-state index contributed by atoms with van der Waals surface area (Å²) in [5, 5.41) is 4.44. The minimum Gasteiger partial charge on any atom is -0.361 e. The van der Waals surface area contributed by atoms with E-state index in [2.05, 4.69) is 41.3 Å². The van der Waals surface area contributed by atoms with Gasteiger partial charge in [-0.25, -0.2) is 0 Å². The number of nitrogens with zero attached hydrogens (tertiary/aromatic N) is 2. The smallest absolute Gasteiger partial charge is 0.298 e. The van der Waals surface area contributed by atoms with Crippen LogP contribution in [-0.2, 0) is 17.8 Å². The van der Waals surface area contributed by atoms with Crippen LogP contribution in [0.25, 0.3) is 0 Å². The lowest BCUT2D eigenvalue weighted by Crippen LogP contribution is -2.35. The highest BCUT2D eigenvalue weighted by Gasteiger charge is 2.31. The molecule has 0 N–H and O–H groups in total. The van der Waals surface area contributed by atoms with Gasteiger partial charge in [0.2, 0.25) is 0 Å². The Balaban J connectivity index is 1.78. The number of hydrogen-bond acceptors (Lipinski definition) is 3. The molecule has 27 heavy (non-hydrogen) atoms. The maximum absolute atomic E-state index is 12.3. The Bertz CT molecular complexity index is 958. The zero-order valence-electron chi connectivity index (χ0n) is 15.2. The standard InChI is InChI=1S/C23H20N2O2/c1-2-9-21(26)25-15-14-20-19(16-25)23(24-27-20)22(17-10-5-3-6-11-17)18-12-7-4-8-13-18/h3-8,10-13,22H,14-16H2,1H3. The Morgan fingerprint density at radius 2 is 1.70 bits per heavy atom. The van der Waals surface area contributed by atoms with Gasteiger partial charge in [0.25, 0.3) is 5.91 Å². The summed E-state index contributed by atoms with van der Waals surface area (Å²) in [5.74, 6) is 6.02. The molecule has 4 nitrogen and oxygen atoms in total. The fourth-order valence-corrected chi connectivity index (χ4v) is 3.61. The van der Waals surface area contributed by atoms with E-state index in [1.54, 1.807) is 11.8 Å². The number of amides is 1. The molecule has 3 aromatic rings. The molecule has 1 aliphatic rings. The largest absolute Gasteiger partial charge is 0.361 e. The van der Waals surface area contributed by atoms with Gasteiger partial charge in [-0.15, -0.1) is 0 Å². The average molecular weight is 356 g/mol. The molecule has 0 saturated heterocycles. The molecule has 1 amide bonds. The number of hydrogen-bond donors (Lipinski definition) is 0. The van der Waals surface area contributed by atoms with E-state index in [-0.39, 0.29) is 11.8 Å². The molecule has 4 heteroatoms. The molecule has 0 fully saturated rings. The van der Waals surface area contributed by atoms with Crippen molar-refractivity contribution in [3.05, 3.63) is 88.8 Å². The minimum absolute atomic E-state index is 0.0350. The number of aromatic nitrogens is 1. The Morgan fingerprint density at radius 3 is 2.30 bits per heavy atom. The predicted octanol–water partition coefficient (Wildman–Crippen LogP) is 3.76. The van der Waals surface area contributed by atoms with Crippen LogP contribution >= 0.6 is 0 Å². The van der Waals surface area contributed by atoms with E-state index in [0.29, 0.717) is 19.5 Å². The molecule has 4 rings (SSSR count). The second-order valence-electron chi connectivity index (χ2n) is 6.58. The van der Waals surface area contributed by atoms with E-state index >= 15 is 0 Å². The highest BCUT2D eigenvalue weighted by molar-refractivity contribution is 5.93. The van der Waals surface area contributed by atoms with Crippen LogP contribution in [-0.4, -0.2) is 22.5 Å². The Hall–Kier alpha value is -3.32. The van der Waals surface area contributed by atoms with Crippen LogP contribution in [0.1, 0.15) is 41.0 Å². The molecule has 0 spiro atoms. The molecule has 134 valence electrons. The van der Waals surface area contributed by atoms with Crippen molar-refractivity contribution in [2.45, 2.75) is 25.8 Å². The summed E-state index contributed by atoms with van der Waals surface area (Å²) in [6.45, 7) is 2.77. The Labute approximate surface area is 158 Å². The van der Waals surface area contributed by atoms with E-state index in [1.807, 2.05) is 36.4 Å². The molecule has 0 aliphatic carbocycles. The van der Waals surface area contributed by atoms with Gasteiger partial charge < -0.3 is 9.42 Å². The minimum atomic E-state index is -0.147. The summed E-state index contributed by atoms with van der Waals surface area (Å²) in [7, 11) is 0. The first-order valence-corrected chi connectivity index (χ1v) is 9.06. The van der Waals surface area contributed by atoms with Gasteiger partial charge in [0.15, 0.2) is 0 Å². The van der Waals surface area contributed by atoms with Crippen LogP contribution < -0.4 is 0 Å². The highest BCUT2D eigenvalue weighted by Crippen LogP contribution is 2.36. The van der Waals surface area contributed by atoms with E-state index in [4.69, 9.17) is 4.52 Å². The molecule has 1 aliphatic heterocycles. The third-order valence-corrected chi connectivity index (χ3v) is 4.92. The second kappa shape index (κ2) is 7.51. The summed E-state index contributed by atoms with van der Waals surface area (Å²) < 4.78 is 5.68. The normalized spacial score (nSPS) is 13.0. The molecule has 1 aromatic heterocycles. The topological polar surface area (TPSA) is 46.3 Å². The second-order valence-corrected chi connectivity index (χ2v) is 6.58. The van der Waals surface area contributed by atoms with Crippen LogP contribution in [0.15, 0.2) is 65.2 Å². The van der Waals surface area contributed by atoms with Gasteiger partial charge in [-0.1, -0.05) is 71.7 Å². The van der Waals surface area contributed by atoms with Crippen LogP contribution in [0.2, 0.25) is 0 Å². The summed E-state index contributed by atoms with van der Waals surface area (Å²) in [4.78, 5) is 14.0. The van der Waals surface area contributed by atoms with E-state index < -0.39 is 0 Å². The van der Waals surface area contributed by atoms with Crippen LogP contribution in [0.3, 0.4) is 0 Å². The van der Waals surface area contributed by atoms with Gasteiger partial charge in [0, 0.05) is 18.5 Å². The van der Waals surface area contributed by atoms with Crippen molar-refractivity contribution < 1.29 is 9.32 Å². The zero-order valence-corrected chi connectivity index (χ0v) is 15.2.